The molecule has 2 aromatic heterocycles. The van der Waals surface area contributed by atoms with Crippen LogP contribution in [-0.4, -0.2) is 21.3 Å². The fraction of sp³-hybridized carbons (Fsp3) is 0.273. The van der Waals surface area contributed by atoms with Crippen molar-refractivity contribution in [1.29, 1.82) is 0 Å². The van der Waals surface area contributed by atoms with Crippen LogP contribution >= 0.6 is 0 Å². The van der Waals surface area contributed by atoms with E-state index in [4.69, 9.17) is 5.73 Å². The van der Waals surface area contributed by atoms with Crippen molar-refractivity contribution in [2.75, 3.05) is 17.6 Å². The molecule has 3 N–H and O–H groups in total. The molecule has 2 heterocycles. The largest absolute Gasteiger partial charge is 0.396 e. The summed E-state index contributed by atoms with van der Waals surface area (Å²) < 4.78 is 1.80. The Labute approximate surface area is 94.3 Å². The van der Waals surface area contributed by atoms with Gasteiger partial charge in [-0.15, -0.1) is 0 Å². The second-order valence-corrected chi connectivity index (χ2v) is 3.64. The summed E-state index contributed by atoms with van der Waals surface area (Å²) in [5.41, 5.74) is 7.64. The van der Waals surface area contributed by atoms with Crippen molar-refractivity contribution in [2.45, 2.75) is 6.42 Å². The van der Waals surface area contributed by atoms with Crippen molar-refractivity contribution < 1.29 is 0 Å². The third-order valence-corrected chi connectivity index (χ3v) is 2.30. The first-order valence-corrected chi connectivity index (χ1v) is 5.17. The van der Waals surface area contributed by atoms with Gasteiger partial charge < -0.3 is 11.1 Å². The van der Waals surface area contributed by atoms with Crippen LogP contribution in [0.4, 0.5) is 11.5 Å². The average molecular weight is 217 g/mol. The molecule has 0 fully saturated rings. The van der Waals surface area contributed by atoms with E-state index < -0.39 is 0 Å². The van der Waals surface area contributed by atoms with Gasteiger partial charge in [0, 0.05) is 26.0 Å². The van der Waals surface area contributed by atoms with Crippen molar-refractivity contribution in [2.24, 2.45) is 7.05 Å². The van der Waals surface area contributed by atoms with Crippen molar-refractivity contribution in [3.8, 4) is 0 Å². The molecule has 0 atom stereocenters. The summed E-state index contributed by atoms with van der Waals surface area (Å²) in [6.45, 7) is 0.799. The third-order valence-electron chi connectivity index (χ3n) is 2.30. The van der Waals surface area contributed by atoms with Crippen molar-refractivity contribution in [3.05, 3.63) is 36.3 Å². The molecular weight excluding hydrogens is 202 g/mol. The van der Waals surface area contributed by atoms with Crippen molar-refractivity contribution in [3.63, 3.8) is 0 Å². The van der Waals surface area contributed by atoms with E-state index >= 15 is 0 Å². The normalized spacial score (nSPS) is 10.3. The lowest BCUT2D eigenvalue weighted by Crippen LogP contribution is -2.07. The number of nitrogen functional groups attached to an aromatic ring is 1. The molecule has 0 saturated carbocycles. The van der Waals surface area contributed by atoms with Crippen LogP contribution in [0.5, 0.6) is 0 Å². The molecule has 0 aliphatic heterocycles. The van der Waals surface area contributed by atoms with Gasteiger partial charge in [-0.1, -0.05) is 0 Å². The Kier molecular flexibility index (Phi) is 3.05. The zero-order chi connectivity index (χ0) is 11.4. The van der Waals surface area contributed by atoms with Gasteiger partial charge in [-0.3, -0.25) is 4.68 Å². The lowest BCUT2D eigenvalue weighted by molar-refractivity contribution is 0.767. The number of pyridine rings is 1. The standard InChI is InChI=1S/C11H15N5/c1-16-8-9(7-15-16)4-6-14-11-10(12)3-2-5-13-11/h2-3,5,7-8H,4,6,12H2,1H3,(H,13,14). The van der Waals surface area contributed by atoms with E-state index in [1.54, 1.807) is 10.9 Å². The molecule has 0 bridgehead atoms. The van der Waals surface area contributed by atoms with Crippen molar-refractivity contribution >= 4 is 11.5 Å². The number of aromatic nitrogens is 3. The summed E-state index contributed by atoms with van der Waals surface area (Å²) in [7, 11) is 1.91. The number of rotatable bonds is 4. The Morgan fingerprint density at radius 3 is 3.06 bits per heavy atom. The number of nitrogens with one attached hydrogen (secondary N) is 1. The zero-order valence-electron chi connectivity index (χ0n) is 9.22. The highest BCUT2D eigenvalue weighted by molar-refractivity contribution is 5.60. The van der Waals surface area contributed by atoms with Crippen LogP contribution in [0.15, 0.2) is 30.7 Å². The average Bonchev–Trinajstić information content (AvgIpc) is 2.67. The van der Waals surface area contributed by atoms with E-state index in [1.807, 2.05) is 31.6 Å². The van der Waals surface area contributed by atoms with Gasteiger partial charge in [-0.25, -0.2) is 4.98 Å². The van der Waals surface area contributed by atoms with Gasteiger partial charge in [-0.05, 0) is 24.1 Å². The van der Waals surface area contributed by atoms with Crippen molar-refractivity contribution in [1.82, 2.24) is 14.8 Å². The van der Waals surface area contributed by atoms with E-state index in [2.05, 4.69) is 15.4 Å². The number of nitrogens with two attached hydrogens (primary N) is 1. The number of hydrogen-bond acceptors (Lipinski definition) is 4. The second-order valence-electron chi connectivity index (χ2n) is 3.64. The highest BCUT2D eigenvalue weighted by Crippen LogP contribution is 2.12. The molecule has 5 nitrogen and oxygen atoms in total. The topological polar surface area (TPSA) is 68.8 Å². The van der Waals surface area contributed by atoms with Crippen LogP contribution in [0.2, 0.25) is 0 Å². The monoisotopic (exact) mass is 217 g/mol. The SMILES string of the molecule is Cn1cc(CCNc2ncccc2N)cn1. The Morgan fingerprint density at radius 1 is 1.50 bits per heavy atom. The lowest BCUT2D eigenvalue weighted by atomic mass is 10.2. The molecule has 84 valence electrons. The predicted molar refractivity (Wildman–Crippen MR) is 64.1 cm³/mol. The Hall–Kier alpha value is -2.04. The highest BCUT2D eigenvalue weighted by atomic mass is 15.2. The maximum Gasteiger partial charge on any atom is 0.149 e. The summed E-state index contributed by atoms with van der Waals surface area (Å²) >= 11 is 0. The van der Waals surface area contributed by atoms with Crippen LogP contribution in [0.1, 0.15) is 5.56 Å². The second kappa shape index (κ2) is 4.65. The molecule has 0 amide bonds. The molecule has 0 aliphatic carbocycles. The predicted octanol–water partition coefficient (Wildman–Crippen LogP) is 1.05. The van der Waals surface area contributed by atoms with Crippen LogP contribution in [-0.2, 0) is 13.5 Å². The third kappa shape index (κ3) is 2.50. The maximum atomic E-state index is 5.76. The van der Waals surface area contributed by atoms with E-state index in [0.29, 0.717) is 5.69 Å². The van der Waals surface area contributed by atoms with E-state index in [1.165, 1.54) is 5.56 Å². The minimum absolute atomic E-state index is 0.675. The first-order chi connectivity index (χ1) is 7.75. The van der Waals surface area contributed by atoms with Gasteiger partial charge in [0.1, 0.15) is 5.82 Å². The molecule has 0 saturated heterocycles. The Morgan fingerprint density at radius 2 is 2.38 bits per heavy atom. The molecule has 2 rings (SSSR count). The molecule has 0 aromatic carbocycles. The van der Waals surface area contributed by atoms with Gasteiger partial charge in [-0.2, -0.15) is 5.10 Å². The summed E-state index contributed by atoms with van der Waals surface area (Å²) in [5, 5.41) is 7.31. The number of anilines is 2. The first kappa shape index (κ1) is 10.5. The van der Waals surface area contributed by atoms with E-state index in [9.17, 15) is 0 Å². The number of nitrogens with zero attached hydrogens (tertiary/aromatic N) is 3. The zero-order valence-corrected chi connectivity index (χ0v) is 9.22. The molecule has 16 heavy (non-hydrogen) atoms. The molecule has 2 aromatic rings. The van der Waals surface area contributed by atoms with Crippen LogP contribution in [0.3, 0.4) is 0 Å². The summed E-state index contributed by atoms with van der Waals surface area (Å²) in [4.78, 5) is 4.16. The van der Waals surface area contributed by atoms with Gasteiger partial charge in [0.25, 0.3) is 0 Å². The molecule has 0 radical (unpaired) electrons. The smallest absolute Gasteiger partial charge is 0.149 e. The molecular formula is C11H15N5. The van der Waals surface area contributed by atoms with Gasteiger partial charge >= 0.3 is 0 Å². The minimum Gasteiger partial charge on any atom is -0.396 e. The van der Waals surface area contributed by atoms with Gasteiger partial charge in [0.05, 0.1) is 11.9 Å². The number of hydrogen-bond donors (Lipinski definition) is 2. The molecule has 0 spiro atoms. The maximum absolute atomic E-state index is 5.76. The molecule has 0 unspecified atom stereocenters. The molecule has 0 aliphatic rings. The lowest BCUT2D eigenvalue weighted by Gasteiger charge is -2.06. The van der Waals surface area contributed by atoms with Gasteiger partial charge in [0.2, 0.25) is 0 Å². The first-order valence-electron chi connectivity index (χ1n) is 5.17. The quantitative estimate of drug-likeness (QED) is 0.803. The summed E-state index contributed by atoms with van der Waals surface area (Å²) in [6.07, 6.45) is 6.50. The Balaban J connectivity index is 1.87. The minimum atomic E-state index is 0.675. The Bertz CT molecular complexity index is 463. The van der Waals surface area contributed by atoms with Crippen LogP contribution in [0, 0.1) is 0 Å². The summed E-state index contributed by atoms with van der Waals surface area (Å²) in [5.74, 6) is 0.742. The van der Waals surface area contributed by atoms with Crippen LogP contribution in [0.25, 0.3) is 0 Å². The molecule has 5 heteroatoms. The van der Waals surface area contributed by atoms with E-state index in [-0.39, 0.29) is 0 Å². The van der Waals surface area contributed by atoms with E-state index in [0.717, 1.165) is 18.8 Å². The fourth-order valence-corrected chi connectivity index (χ4v) is 1.49. The highest BCUT2D eigenvalue weighted by Gasteiger charge is 1.99. The summed E-state index contributed by atoms with van der Waals surface area (Å²) in [6, 6.07) is 3.65. The number of aryl methyl sites for hydroxylation is 1. The fourth-order valence-electron chi connectivity index (χ4n) is 1.49. The van der Waals surface area contributed by atoms with Gasteiger partial charge in [0.15, 0.2) is 0 Å². The van der Waals surface area contributed by atoms with Crippen LogP contribution < -0.4 is 11.1 Å².